The summed E-state index contributed by atoms with van der Waals surface area (Å²) in [5.74, 6) is -0.857. The van der Waals surface area contributed by atoms with E-state index in [2.05, 4.69) is 24.3 Å². The fourth-order valence-corrected chi connectivity index (χ4v) is 2.60. The monoisotopic (exact) mass is 268 g/mol. The molecule has 0 aromatic heterocycles. The third-order valence-corrected chi connectivity index (χ3v) is 3.63. The van der Waals surface area contributed by atoms with Crippen molar-refractivity contribution in [2.75, 3.05) is 0 Å². The Bertz CT molecular complexity index is 629. The molecule has 2 nitrogen and oxygen atoms in total. The standard InChI is InChI=1S/C18H20O2/c1-12-5-4-6-15(9-12)17(11-18(19)20)16-10-13(2)7-8-14(16)3/h4-10,17H,11H2,1-3H3,(H,19,20). The van der Waals surface area contributed by atoms with Crippen LogP contribution in [0.15, 0.2) is 42.5 Å². The largest absolute Gasteiger partial charge is 0.481 e. The molecule has 0 aliphatic heterocycles. The molecule has 0 bridgehead atoms. The van der Waals surface area contributed by atoms with Gasteiger partial charge in [0, 0.05) is 5.92 Å². The molecule has 0 aliphatic carbocycles. The molecule has 104 valence electrons. The topological polar surface area (TPSA) is 37.3 Å². The maximum absolute atomic E-state index is 11.2. The SMILES string of the molecule is Cc1cccc(C(CC(=O)O)c2cc(C)ccc2C)c1. The predicted octanol–water partition coefficient (Wildman–Crippen LogP) is 4.22. The van der Waals surface area contributed by atoms with E-state index in [1.54, 1.807) is 0 Å². The molecule has 2 rings (SSSR count). The Labute approximate surface area is 120 Å². The first-order valence-corrected chi connectivity index (χ1v) is 6.83. The van der Waals surface area contributed by atoms with E-state index in [1.807, 2.05) is 39.0 Å². The number of hydrogen-bond acceptors (Lipinski definition) is 1. The molecule has 0 saturated carbocycles. The lowest BCUT2D eigenvalue weighted by Crippen LogP contribution is -2.10. The van der Waals surface area contributed by atoms with Crippen LogP contribution in [0.25, 0.3) is 0 Å². The van der Waals surface area contributed by atoms with E-state index < -0.39 is 5.97 Å². The van der Waals surface area contributed by atoms with Crippen LogP contribution in [0.5, 0.6) is 0 Å². The molecule has 2 aromatic carbocycles. The summed E-state index contributed by atoms with van der Waals surface area (Å²) in [6, 6.07) is 14.3. The minimum atomic E-state index is -0.766. The molecule has 0 aliphatic rings. The molecule has 1 N–H and O–H groups in total. The van der Waals surface area contributed by atoms with Crippen molar-refractivity contribution in [3.05, 3.63) is 70.3 Å². The highest BCUT2D eigenvalue weighted by molar-refractivity contribution is 5.69. The first kappa shape index (κ1) is 14.3. The van der Waals surface area contributed by atoms with Crippen molar-refractivity contribution in [1.82, 2.24) is 0 Å². The third kappa shape index (κ3) is 3.27. The molecular formula is C18H20O2. The maximum atomic E-state index is 11.2. The van der Waals surface area contributed by atoms with E-state index in [4.69, 9.17) is 0 Å². The molecule has 1 unspecified atom stereocenters. The van der Waals surface area contributed by atoms with Crippen LogP contribution >= 0.6 is 0 Å². The van der Waals surface area contributed by atoms with Gasteiger partial charge in [0.15, 0.2) is 0 Å². The van der Waals surface area contributed by atoms with Gasteiger partial charge in [-0.25, -0.2) is 0 Å². The summed E-state index contributed by atoms with van der Waals surface area (Å²) in [6.45, 7) is 6.11. The molecule has 0 amide bonds. The molecule has 2 heteroatoms. The van der Waals surface area contributed by atoms with E-state index >= 15 is 0 Å². The lowest BCUT2D eigenvalue weighted by molar-refractivity contribution is -0.137. The highest BCUT2D eigenvalue weighted by Crippen LogP contribution is 2.31. The second-order valence-corrected chi connectivity index (χ2v) is 5.42. The van der Waals surface area contributed by atoms with E-state index in [0.29, 0.717) is 0 Å². The highest BCUT2D eigenvalue weighted by Gasteiger charge is 2.19. The zero-order chi connectivity index (χ0) is 14.7. The second kappa shape index (κ2) is 5.91. The van der Waals surface area contributed by atoms with Crippen LogP contribution in [-0.2, 0) is 4.79 Å². The molecule has 0 heterocycles. The zero-order valence-corrected chi connectivity index (χ0v) is 12.2. The molecule has 0 radical (unpaired) electrons. The number of hydrogen-bond donors (Lipinski definition) is 1. The van der Waals surface area contributed by atoms with Gasteiger partial charge >= 0.3 is 5.97 Å². The third-order valence-electron chi connectivity index (χ3n) is 3.63. The van der Waals surface area contributed by atoms with Crippen molar-refractivity contribution < 1.29 is 9.90 Å². The lowest BCUT2D eigenvalue weighted by Gasteiger charge is -2.19. The van der Waals surface area contributed by atoms with E-state index in [0.717, 1.165) is 27.8 Å². The quantitative estimate of drug-likeness (QED) is 0.901. The maximum Gasteiger partial charge on any atom is 0.304 e. The van der Waals surface area contributed by atoms with Gasteiger partial charge in [0.05, 0.1) is 6.42 Å². The summed E-state index contributed by atoms with van der Waals surface area (Å²) < 4.78 is 0. The number of benzene rings is 2. The Balaban J connectivity index is 2.52. The molecule has 1 atom stereocenters. The molecule has 0 fully saturated rings. The van der Waals surface area contributed by atoms with Crippen LogP contribution in [0.3, 0.4) is 0 Å². The van der Waals surface area contributed by atoms with Gasteiger partial charge in [0.1, 0.15) is 0 Å². The second-order valence-electron chi connectivity index (χ2n) is 5.42. The minimum Gasteiger partial charge on any atom is -0.481 e. The summed E-state index contributed by atoms with van der Waals surface area (Å²) in [6.07, 6.45) is 0.119. The normalized spacial score (nSPS) is 12.2. The number of carbonyl (C=O) groups is 1. The van der Waals surface area contributed by atoms with Crippen molar-refractivity contribution in [3.8, 4) is 0 Å². The number of aryl methyl sites for hydroxylation is 3. The summed E-state index contributed by atoms with van der Waals surface area (Å²) in [5, 5.41) is 9.24. The van der Waals surface area contributed by atoms with Crippen LogP contribution in [0.4, 0.5) is 0 Å². The smallest absolute Gasteiger partial charge is 0.304 e. The van der Waals surface area contributed by atoms with Crippen molar-refractivity contribution in [1.29, 1.82) is 0 Å². The van der Waals surface area contributed by atoms with Gasteiger partial charge < -0.3 is 5.11 Å². The van der Waals surface area contributed by atoms with E-state index in [-0.39, 0.29) is 12.3 Å². The Hall–Kier alpha value is -2.09. The van der Waals surface area contributed by atoms with Crippen LogP contribution < -0.4 is 0 Å². The Morgan fingerprint density at radius 3 is 2.40 bits per heavy atom. The Morgan fingerprint density at radius 2 is 1.75 bits per heavy atom. The van der Waals surface area contributed by atoms with Crippen molar-refractivity contribution in [2.24, 2.45) is 0 Å². The van der Waals surface area contributed by atoms with Gasteiger partial charge in [-0.1, -0.05) is 53.6 Å². The van der Waals surface area contributed by atoms with Gasteiger partial charge in [-0.2, -0.15) is 0 Å². The van der Waals surface area contributed by atoms with Gasteiger partial charge in [-0.3, -0.25) is 4.79 Å². The average Bonchev–Trinajstić information content (AvgIpc) is 2.39. The highest BCUT2D eigenvalue weighted by atomic mass is 16.4. The molecule has 0 spiro atoms. The van der Waals surface area contributed by atoms with Crippen molar-refractivity contribution >= 4 is 5.97 Å². The molecular weight excluding hydrogens is 248 g/mol. The van der Waals surface area contributed by atoms with Crippen LogP contribution in [0, 0.1) is 20.8 Å². The zero-order valence-electron chi connectivity index (χ0n) is 12.2. The molecule has 2 aromatic rings. The van der Waals surface area contributed by atoms with Crippen molar-refractivity contribution in [3.63, 3.8) is 0 Å². The minimum absolute atomic E-state index is 0.0905. The number of carboxylic acids is 1. The van der Waals surface area contributed by atoms with Crippen LogP contribution in [0.2, 0.25) is 0 Å². The fourth-order valence-electron chi connectivity index (χ4n) is 2.60. The summed E-state index contributed by atoms with van der Waals surface area (Å²) in [7, 11) is 0. The van der Waals surface area contributed by atoms with Gasteiger partial charge in [0.25, 0.3) is 0 Å². The van der Waals surface area contributed by atoms with Gasteiger partial charge in [-0.05, 0) is 37.5 Å². The number of aliphatic carboxylic acids is 1. The van der Waals surface area contributed by atoms with E-state index in [1.165, 1.54) is 0 Å². The number of rotatable bonds is 4. The summed E-state index contributed by atoms with van der Waals surface area (Å²) >= 11 is 0. The Morgan fingerprint density at radius 1 is 1.05 bits per heavy atom. The van der Waals surface area contributed by atoms with Gasteiger partial charge in [-0.15, -0.1) is 0 Å². The van der Waals surface area contributed by atoms with Crippen LogP contribution in [0.1, 0.15) is 40.2 Å². The first-order chi connectivity index (χ1) is 9.47. The average molecular weight is 268 g/mol. The summed E-state index contributed by atoms with van der Waals surface area (Å²) in [4.78, 5) is 11.2. The van der Waals surface area contributed by atoms with E-state index in [9.17, 15) is 9.90 Å². The Kier molecular flexibility index (Phi) is 4.23. The molecule has 20 heavy (non-hydrogen) atoms. The predicted molar refractivity (Wildman–Crippen MR) is 81.2 cm³/mol. The van der Waals surface area contributed by atoms with Crippen molar-refractivity contribution in [2.45, 2.75) is 33.1 Å². The first-order valence-electron chi connectivity index (χ1n) is 6.83. The van der Waals surface area contributed by atoms with Crippen LogP contribution in [-0.4, -0.2) is 11.1 Å². The lowest BCUT2D eigenvalue weighted by atomic mass is 9.85. The fraction of sp³-hybridized carbons (Fsp3) is 0.278. The number of carboxylic acid groups (broad SMARTS) is 1. The molecule has 0 saturated heterocycles. The van der Waals surface area contributed by atoms with Gasteiger partial charge in [0.2, 0.25) is 0 Å². The summed E-state index contributed by atoms with van der Waals surface area (Å²) in [5.41, 5.74) is 5.64.